The summed E-state index contributed by atoms with van der Waals surface area (Å²) in [7, 11) is 0. The van der Waals surface area contributed by atoms with Gasteiger partial charge < -0.3 is 14.4 Å². The molecule has 0 aromatic rings. The topological polar surface area (TPSA) is 59.1 Å². The molecule has 0 aromatic heterocycles. The standard InChI is InChI=1S/C11H16N2O4/c14-10-5-9-7-17-4-2-12(9)11(15)13(10)8-1-3-16-6-8/h8-9H,1-7H2. The third-order valence-electron chi connectivity index (χ3n) is 3.63. The van der Waals surface area contributed by atoms with E-state index in [1.165, 1.54) is 4.90 Å². The minimum atomic E-state index is -0.162. The van der Waals surface area contributed by atoms with E-state index in [2.05, 4.69) is 0 Å². The van der Waals surface area contributed by atoms with E-state index in [4.69, 9.17) is 9.47 Å². The van der Waals surface area contributed by atoms with Crippen LogP contribution in [-0.2, 0) is 14.3 Å². The van der Waals surface area contributed by atoms with Crippen LogP contribution >= 0.6 is 0 Å². The smallest absolute Gasteiger partial charge is 0.327 e. The first kappa shape index (κ1) is 11.0. The first-order valence-electron chi connectivity index (χ1n) is 6.05. The number of nitrogens with zero attached hydrogens (tertiary/aromatic N) is 2. The van der Waals surface area contributed by atoms with Crippen LogP contribution in [0.2, 0.25) is 0 Å². The summed E-state index contributed by atoms with van der Waals surface area (Å²) >= 11 is 0. The lowest BCUT2D eigenvalue weighted by molar-refractivity contribution is -0.138. The van der Waals surface area contributed by atoms with Crippen molar-refractivity contribution in [1.82, 2.24) is 9.80 Å². The maximum Gasteiger partial charge on any atom is 0.327 e. The number of amides is 3. The van der Waals surface area contributed by atoms with Gasteiger partial charge in [-0.25, -0.2) is 4.79 Å². The van der Waals surface area contributed by atoms with Crippen molar-refractivity contribution in [2.45, 2.75) is 24.9 Å². The number of urea groups is 1. The first-order chi connectivity index (χ1) is 8.27. The van der Waals surface area contributed by atoms with Gasteiger partial charge in [0.1, 0.15) is 0 Å². The van der Waals surface area contributed by atoms with Crippen LogP contribution in [0.1, 0.15) is 12.8 Å². The molecule has 0 N–H and O–H groups in total. The second kappa shape index (κ2) is 4.27. The summed E-state index contributed by atoms with van der Waals surface area (Å²) in [5, 5.41) is 0. The molecular weight excluding hydrogens is 224 g/mol. The fourth-order valence-electron chi connectivity index (χ4n) is 2.71. The SMILES string of the molecule is O=C1CC2COCCN2C(=O)N1C1CCOC1. The van der Waals surface area contributed by atoms with E-state index in [0.717, 1.165) is 6.42 Å². The molecule has 3 amide bonds. The van der Waals surface area contributed by atoms with Gasteiger partial charge in [0.15, 0.2) is 0 Å². The number of morpholine rings is 1. The molecule has 17 heavy (non-hydrogen) atoms. The second-order valence-corrected chi connectivity index (χ2v) is 4.69. The average Bonchev–Trinajstić information content (AvgIpc) is 2.83. The molecule has 0 aromatic carbocycles. The molecule has 6 heteroatoms. The molecule has 2 unspecified atom stereocenters. The molecule has 6 nitrogen and oxygen atoms in total. The molecule has 3 rings (SSSR count). The van der Waals surface area contributed by atoms with Crippen molar-refractivity contribution in [1.29, 1.82) is 0 Å². The van der Waals surface area contributed by atoms with Gasteiger partial charge in [-0.3, -0.25) is 9.69 Å². The molecule has 3 heterocycles. The highest BCUT2D eigenvalue weighted by Crippen LogP contribution is 2.24. The molecular formula is C11H16N2O4. The van der Waals surface area contributed by atoms with Gasteiger partial charge in [-0.05, 0) is 6.42 Å². The Morgan fingerprint density at radius 3 is 2.59 bits per heavy atom. The molecule has 3 aliphatic rings. The minimum Gasteiger partial charge on any atom is -0.379 e. The van der Waals surface area contributed by atoms with Crippen LogP contribution in [0.5, 0.6) is 0 Å². The van der Waals surface area contributed by atoms with Crippen LogP contribution < -0.4 is 0 Å². The van der Waals surface area contributed by atoms with Crippen molar-refractivity contribution in [2.24, 2.45) is 0 Å². The Balaban J connectivity index is 1.79. The molecule has 94 valence electrons. The Hall–Kier alpha value is -1.14. The van der Waals surface area contributed by atoms with Gasteiger partial charge in [0, 0.05) is 13.2 Å². The van der Waals surface area contributed by atoms with Gasteiger partial charge in [0.25, 0.3) is 0 Å². The number of hydrogen-bond donors (Lipinski definition) is 0. The zero-order valence-electron chi connectivity index (χ0n) is 9.63. The molecule has 3 saturated heterocycles. The number of carbonyl (C=O) groups excluding carboxylic acids is 2. The molecule has 3 aliphatic heterocycles. The third kappa shape index (κ3) is 1.81. The highest BCUT2D eigenvalue weighted by molar-refractivity contribution is 5.97. The van der Waals surface area contributed by atoms with Crippen LogP contribution in [0.4, 0.5) is 4.79 Å². The maximum atomic E-state index is 12.3. The van der Waals surface area contributed by atoms with Gasteiger partial charge in [-0.15, -0.1) is 0 Å². The largest absolute Gasteiger partial charge is 0.379 e. The van der Waals surface area contributed by atoms with Gasteiger partial charge >= 0.3 is 6.03 Å². The predicted molar refractivity (Wildman–Crippen MR) is 57.4 cm³/mol. The zero-order valence-corrected chi connectivity index (χ0v) is 9.63. The molecule has 3 fully saturated rings. The van der Waals surface area contributed by atoms with Crippen molar-refractivity contribution < 1.29 is 19.1 Å². The Morgan fingerprint density at radius 2 is 1.82 bits per heavy atom. The zero-order chi connectivity index (χ0) is 11.8. The Kier molecular flexibility index (Phi) is 2.76. The number of rotatable bonds is 1. The average molecular weight is 240 g/mol. The molecule has 0 spiro atoms. The summed E-state index contributed by atoms with van der Waals surface area (Å²) in [6.07, 6.45) is 1.13. The van der Waals surface area contributed by atoms with Gasteiger partial charge in [-0.1, -0.05) is 0 Å². The maximum absolute atomic E-state index is 12.3. The van der Waals surface area contributed by atoms with Crippen molar-refractivity contribution in [3.05, 3.63) is 0 Å². The van der Waals surface area contributed by atoms with Crippen molar-refractivity contribution in [3.8, 4) is 0 Å². The normalized spacial score (nSPS) is 34.1. The van der Waals surface area contributed by atoms with Crippen LogP contribution in [0, 0.1) is 0 Å². The van der Waals surface area contributed by atoms with E-state index in [1.54, 1.807) is 4.90 Å². The fraction of sp³-hybridized carbons (Fsp3) is 0.818. The van der Waals surface area contributed by atoms with Crippen molar-refractivity contribution >= 4 is 11.9 Å². The van der Waals surface area contributed by atoms with Crippen LogP contribution in [0.3, 0.4) is 0 Å². The highest BCUT2D eigenvalue weighted by Gasteiger charge is 2.43. The van der Waals surface area contributed by atoms with Gasteiger partial charge in [0.05, 0.1) is 38.3 Å². The van der Waals surface area contributed by atoms with Crippen LogP contribution in [-0.4, -0.2) is 66.8 Å². The molecule has 2 atom stereocenters. The van der Waals surface area contributed by atoms with E-state index >= 15 is 0 Å². The third-order valence-corrected chi connectivity index (χ3v) is 3.63. The highest BCUT2D eigenvalue weighted by atomic mass is 16.5. The number of ether oxygens (including phenoxy) is 2. The van der Waals surface area contributed by atoms with E-state index in [1.807, 2.05) is 0 Å². The Morgan fingerprint density at radius 1 is 1.06 bits per heavy atom. The summed E-state index contributed by atoms with van der Waals surface area (Å²) < 4.78 is 10.6. The summed E-state index contributed by atoms with van der Waals surface area (Å²) in [6.45, 7) is 2.74. The Labute approximate surface area is 99.4 Å². The van der Waals surface area contributed by atoms with Crippen molar-refractivity contribution in [2.75, 3.05) is 33.0 Å². The van der Waals surface area contributed by atoms with E-state index in [-0.39, 0.29) is 24.0 Å². The summed E-state index contributed by atoms with van der Waals surface area (Å²) in [5.74, 6) is -0.0859. The molecule has 0 aliphatic carbocycles. The minimum absolute atomic E-state index is 0.0673. The number of carbonyl (C=O) groups is 2. The first-order valence-corrected chi connectivity index (χ1v) is 6.05. The summed E-state index contributed by atoms with van der Waals surface area (Å²) in [4.78, 5) is 27.5. The molecule has 0 saturated carbocycles. The molecule has 0 radical (unpaired) electrons. The Bertz CT molecular complexity index is 340. The fourth-order valence-corrected chi connectivity index (χ4v) is 2.71. The van der Waals surface area contributed by atoms with E-state index in [9.17, 15) is 9.59 Å². The molecule has 0 bridgehead atoms. The lowest BCUT2D eigenvalue weighted by Crippen LogP contribution is -2.63. The monoisotopic (exact) mass is 240 g/mol. The van der Waals surface area contributed by atoms with E-state index in [0.29, 0.717) is 39.4 Å². The lowest BCUT2D eigenvalue weighted by atomic mass is 10.1. The summed E-state index contributed by atoms with van der Waals surface area (Å²) in [6, 6.07) is -0.300. The quantitative estimate of drug-likeness (QED) is 0.638. The number of fused-ring (bicyclic) bond motifs is 1. The summed E-state index contributed by atoms with van der Waals surface area (Å²) in [5.41, 5.74) is 0. The van der Waals surface area contributed by atoms with E-state index < -0.39 is 0 Å². The van der Waals surface area contributed by atoms with Crippen LogP contribution in [0.25, 0.3) is 0 Å². The van der Waals surface area contributed by atoms with Gasteiger partial charge in [-0.2, -0.15) is 0 Å². The predicted octanol–water partition coefficient (Wildman–Crippen LogP) is -0.172. The number of imide groups is 1. The number of hydrogen-bond acceptors (Lipinski definition) is 4. The van der Waals surface area contributed by atoms with Gasteiger partial charge in [0.2, 0.25) is 5.91 Å². The lowest BCUT2D eigenvalue weighted by Gasteiger charge is -2.44. The van der Waals surface area contributed by atoms with Crippen molar-refractivity contribution in [3.63, 3.8) is 0 Å². The van der Waals surface area contributed by atoms with Crippen LogP contribution in [0.15, 0.2) is 0 Å². The second-order valence-electron chi connectivity index (χ2n) is 4.69.